The quantitative estimate of drug-likeness (QED) is 0.708. The lowest BCUT2D eigenvalue weighted by atomic mass is 10.2. The zero-order valence-corrected chi connectivity index (χ0v) is 10.6. The second kappa shape index (κ2) is 6.47. The highest BCUT2D eigenvalue weighted by Crippen LogP contribution is 2.32. The van der Waals surface area contributed by atoms with Crippen molar-refractivity contribution in [3.05, 3.63) is 17.7 Å². The molecule has 2 N–H and O–H groups in total. The molecule has 1 heterocycles. The molecule has 100 valence electrons. The van der Waals surface area contributed by atoms with Crippen LogP contribution in [0.3, 0.4) is 0 Å². The van der Waals surface area contributed by atoms with Gasteiger partial charge in [-0.1, -0.05) is 0 Å². The predicted octanol–water partition coefficient (Wildman–Crippen LogP) is 1.38. The molecule has 0 aromatic heterocycles. The molecule has 0 aliphatic carbocycles. The molecule has 5 nitrogen and oxygen atoms in total. The van der Waals surface area contributed by atoms with E-state index in [1.165, 1.54) is 0 Å². The van der Waals surface area contributed by atoms with E-state index in [9.17, 15) is 0 Å². The molecule has 1 aliphatic heterocycles. The fourth-order valence-corrected chi connectivity index (χ4v) is 1.65. The molecule has 0 atom stereocenters. The van der Waals surface area contributed by atoms with Crippen molar-refractivity contribution in [1.29, 1.82) is 0 Å². The summed E-state index contributed by atoms with van der Waals surface area (Å²) in [5.74, 6) is 1.35. The molecule has 1 aromatic carbocycles. The minimum Gasteiger partial charge on any atom is -0.487 e. The summed E-state index contributed by atoms with van der Waals surface area (Å²) >= 11 is 0. The molecular weight excluding hydrogens is 234 g/mol. The van der Waals surface area contributed by atoms with E-state index in [0.717, 1.165) is 5.56 Å². The van der Waals surface area contributed by atoms with E-state index in [2.05, 4.69) is 0 Å². The van der Waals surface area contributed by atoms with Crippen LogP contribution in [-0.4, -0.2) is 39.6 Å². The van der Waals surface area contributed by atoms with Crippen LogP contribution in [0.25, 0.3) is 0 Å². The third-order valence-electron chi connectivity index (χ3n) is 2.67. The third kappa shape index (κ3) is 3.51. The average Bonchev–Trinajstić information content (AvgIpc) is 2.34. The Morgan fingerprint density at radius 3 is 1.94 bits per heavy atom. The number of ether oxygens (including phenoxy) is 4. The molecule has 0 saturated carbocycles. The Morgan fingerprint density at radius 1 is 0.833 bits per heavy atom. The van der Waals surface area contributed by atoms with Crippen LogP contribution >= 0.6 is 0 Å². The summed E-state index contributed by atoms with van der Waals surface area (Å²) in [7, 11) is 0. The van der Waals surface area contributed by atoms with Crippen molar-refractivity contribution < 1.29 is 18.9 Å². The van der Waals surface area contributed by atoms with Crippen molar-refractivity contribution in [1.82, 2.24) is 0 Å². The van der Waals surface area contributed by atoms with Gasteiger partial charge in [-0.2, -0.15) is 0 Å². The molecule has 0 saturated heterocycles. The zero-order chi connectivity index (χ0) is 12.8. The highest BCUT2D eigenvalue weighted by Gasteiger charge is 2.09. The molecule has 0 radical (unpaired) electrons. The van der Waals surface area contributed by atoms with E-state index < -0.39 is 0 Å². The first-order valence-electron chi connectivity index (χ1n) is 6.08. The molecule has 0 unspecified atom stereocenters. The first kappa shape index (κ1) is 13.0. The van der Waals surface area contributed by atoms with Gasteiger partial charge in [0.15, 0.2) is 11.5 Å². The van der Waals surface area contributed by atoms with E-state index in [4.69, 9.17) is 24.7 Å². The number of aryl methyl sites for hydroxylation is 1. The van der Waals surface area contributed by atoms with Crippen LogP contribution in [0.2, 0.25) is 0 Å². The molecule has 1 aliphatic rings. The second-order valence-corrected chi connectivity index (χ2v) is 4.08. The Labute approximate surface area is 107 Å². The zero-order valence-electron chi connectivity index (χ0n) is 10.6. The van der Waals surface area contributed by atoms with E-state index in [-0.39, 0.29) is 0 Å². The molecule has 1 aromatic rings. The van der Waals surface area contributed by atoms with Gasteiger partial charge in [-0.25, -0.2) is 0 Å². The van der Waals surface area contributed by atoms with Gasteiger partial charge in [0, 0.05) is 11.8 Å². The van der Waals surface area contributed by atoms with E-state index >= 15 is 0 Å². The fourth-order valence-electron chi connectivity index (χ4n) is 1.65. The van der Waals surface area contributed by atoms with Gasteiger partial charge in [-0.15, -0.1) is 0 Å². The Bertz CT molecular complexity index is 358. The van der Waals surface area contributed by atoms with Crippen molar-refractivity contribution in [2.75, 3.05) is 45.4 Å². The van der Waals surface area contributed by atoms with Gasteiger partial charge in [0.2, 0.25) is 0 Å². The van der Waals surface area contributed by atoms with Gasteiger partial charge in [-0.3, -0.25) is 0 Å². The standard InChI is InChI=1S/C13H19NO4/c1-10-8-12-13(9-11(10)14)18-7-5-16-3-2-15-4-6-17-12/h8-9H,2-7,14H2,1H3. The number of hydrogen-bond acceptors (Lipinski definition) is 5. The lowest BCUT2D eigenvalue weighted by Crippen LogP contribution is -2.16. The van der Waals surface area contributed by atoms with Crippen molar-refractivity contribution in [3.8, 4) is 11.5 Å². The van der Waals surface area contributed by atoms with Crippen molar-refractivity contribution in [2.45, 2.75) is 6.92 Å². The molecule has 18 heavy (non-hydrogen) atoms. The molecule has 0 bridgehead atoms. The van der Waals surface area contributed by atoms with Crippen molar-refractivity contribution in [2.24, 2.45) is 0 Å². The summed E-state index contributed by atoms with van der Waals surface area (Å²) in [6.45, 7) is 5.11. The van der Waals surface area contributed by atoms with E-state index in [0.29, 0.717) is 56.8 Å². The third-order valence-corrected chi connectivity index (χ3v) is 2.67. The van der Waals surface area contributed by atoms with Crippen LogP contribution in [0.1, 0.15) is 5.56 Å². The molecule has 0 fully saturated rings. The molecule has 2 rings (SSSR count). The Morgan fingerprint density at radius 2 is 1.33 bits per heavy atom. The smallest absolute Gasteiger partial charge is 0.163 e. The first-order valence-corrected chi connectivity index (χ1v) is 6.08. The van der Waals surface area contributed by atoms with Gasteiger partial charge in [0.05, 0.1) is 26.4 Å². The molecule has 0 spiro atoms. The van der Waals surface area contributed by atoms with Gasteiger partial charge in [-0.05, 0) is 18.6 Å². The lowest BCUT2D eigenvalue weighted by molar-refractivity contribution is 0.0223. The first-order chi connectivity index (χ1) is 8.77. The summed E-state index contributed by atoms with van der Waals surface area (Å²) in [5.41, 5.74) is 7.54. The molecule has 0 amide bonds. The maximum absolute atomic E-state index is 5.87. The highest BCUT2D eigenvalue weighted by molar-refractivity contribution is 5.57. The number of anilines is 1. The topological polar surface area (TPSA) is 62.9 Å². The number of nitrogens with two attached hydrogens (primary N) is 1. The minimum absolute atomic E-state index is 0.471. The normalized spacial score (nSPS) is 17.6. The van der Waals surface area contributed by atoms with E-state index in [1.807, 2.05) is 13.0 Å². The van der Waals surface area contributed by atoms with Crippen LogP contribution in [0.15, 0.2) is 12.1 Å². The highest BCUT2D eigenvalue weighted by atomic mass is 16.6. The van der Waals surface area contributed by atoms with Crippen LogP contribution in [0.4, 0.5) is 5.69 Å². The predicted molar refractivity (Wildman–Crippen MR) is 68.2 cm³/mol. The van der Waals surface area contributed by atoms with Gasteiger partial charge in [0.1, 0.15) is 13.2 Å². The van der Waals surface area contributed by atoms with Gasteiger partial charge < -0.3 is 24.7 Å². The number of hydrogen-bond donors (Lipinski definition) is 1. The monoisotopic (exact) mass is 253 g/mol. The largest absolute Gasteiger partial charge is 0.487 e. The summed E-state index contributed by atoms with van der Waals surface area (Å²) in [6.07, 6.45) is 0. The van der Waals surface area contributed by atoms with Gasteiger partial charge >= 0.3 is 0 Å². The molecular formula is C13H19NO4. The van der Waals surface area contributed by atoms with Crippen LogP contribution in [0.5, 0.6) is 11.5 Å². The average molecular weight is 253 g/mol. The van der Waals surface area contributed by atoms with Crippen LogP contribution < -0.4 is 15.2 Å². The fraction of sp³-hybridized carbons (Fsp3) is 0.538. The number of benzene rings is 1. The maximum atomic E-state index is 5.87. The Kier molecular flexibility index (Phi) is 4.66. The second-order valence-electron chi connectivity index (χ2n) is 4.08. The Hall–Kier alpha value is -1.46. The van der Waals surface area contributed by atoms with E-state index in [1.54, 1.807) is 6.07 Å². The number of fused-ring (bicyclic) bond motifs is 1. The number of rotatable bonds is 0. The summed E-state index contributed by atoms with van der Waals surface area (Å²) in [4.78, 5) is 0. The minimum atomic E-state index is 0.471. The lowest BCUT2D eigenvalue weighted by Gasteiger charge is -2.16. The SMILES string of the molecule is Cc1cc2c(cc1N)OCCOCCOCCO2. The number of nitrogen functional groups attached to an aromatic ring is 1. The van der Waals surface area contributed by atoms with Gasteiger partial charge in [0.25, 0.3) is 0 Å². The van der Waals surface area contributed by atoms with Crippen LogP contribution in [0, 0.1) is 6.92 Å². The van der Waals surface area contributed by atoms with Crippen molar-refractivity contribution >= 4 is 5.69 Å². The van der Waals surface area contributed by atoms with Crippen molar-refractivity contribution in [3.63, 3.8) is 0 Å². The summed E-state index contributed by atoms with van der Waals surface area (Å²) < 4.78 is 22.0. The summed E-state index contributed by atoms with van der Waals surface area (Å²) in [6, 6.07) is 3.68. The Balaban J connectivity index is 2.12. The maximum Gasteiger partial charge on any atom is 0.163 e. The summed E-state index contributed by atoms with van der Waals surface area (Å²) in [5, 5.41) is 0. The molecule has 5 heteroatoms. The van der Waals surface area contributed by atoms with Crippen LogP contribution in [-0.2, 0) is 9.47 Å².